The van der Waals surface area contributed by atoms with E-state index >= 15 is 0 Å². The van der Waals surface area contributed by atoms with Gasteiger partial charge in [-0.05, 0) is 24.3 Å². The third-order valence-corrected chi connectivity index (χ3v) is 3.58. The highest BCUT2D eigenvalue weighted by Crippen LogP contribution is 2.20. The second kappa shape index (κ2) is 7.12. The first-order valence-electron chi connectivity index (χ1n) is 7.55. The molecule has 0 N–H and O–H groups in total. The third-order valence-electron chi connectivity index (χ3n) is 3.58. The van der Waals surface area contributed by atoms with E-state index in [0.29, 0.717) is 11.6 Å². The number of rotatable bonds is 5. The molecule has 0 fully saturated rings. The summed E-state index contributed by atoms with van der Waals surface area (Å²) in [4.78, 5) is 27.5. The average Bonchev–Trinajstić information content (AvgIpc) is 3.11. The van der Waals surface area contributed by atoms with Gasteiger partial charge in [0.15, 0.2) is 6.61 Å². The Kier molecular flexibility index (Phi) is 4.73. The minimum atomic E-state index is -0.602. The SMILES string of the molecule is COc1ccc(-c2nc(COC(=O)C3=NN(C)C(=O)CC3)no2)cc1. The molecule has 1 aromatic heterocycles. The second-order valence-electron chi connectivity index (χ2n) is 5.28. The van der Waals surface area contributed by atoms with Crippen molar-refractivity contribution >= 4 is 17.6 Å². The summed E-state index contributed by atoms with van der Waals surface area (Å²) in [7, 11) is 3.08. The summed E-state index contributed by atoms with van der Waals surface area (Å²) < 4.78 is 15.4. The molecule has 0 saturated carbocycles. The molecular formula is C16H16N4O5. The number of esters is 1. The summed E-state index contributed by atoms with van der Waals surface area (Å²) >= 11 is 0. The van der Waals surface area contributed by atoms with Crippen LogP contribution in [0.4, 0.5) is 0 Å². The van der Waals surface area contributed by atoms with Crippen LogP contribution in [0.15, 0.2) is 33.9 Å². The van der Waals surface area contributed by atoms with Crippen LogP contribution < -0.4 is 4.74 Å². The van der Waals surface area contributed by atoms with Crippen LogP contribution in [0.3, 0.4) is 0 Å². The molecular weight excluding hydrogens is 328 g/mol. The summed E-state index contributed by atoms with van der Waals surface area (Å²) in [5.74, 6) is 0.525. The van der Waals surface area contributed by atoms with Crippen LogP contribution >= 0.6 is 0 Å². The standard InChI is InChI=1S/C16H16N4O5/c1-20-14(21)8-7-12(18-20)16(22)24-9-13-17-15(25-19-13)10-3-5-11(23-2)6-4-10/h3-6H,7-9H2,1-2H3. The molecule has 9 nitrogen and oxygen atoms in total. The maximum absolute atomic E-state index is 12.0. The molecule has 0 radical (unpaired) electrons. The lowest BCUT2D eigenvalue weighted by atomic mass is 10.2. The van der Waals surface area contributed by atoms with E-state index in [2.05, 4.69) is 15.2 Å². The first kappa shape index (κ1) is 16.6. The van der Waals surface area contributed by atoms with E-state index in [9.17, 15) is 9.59 Å². The normalized spacial score (nSPS) is 14.2. The van der Waals surface area contributed by atoms with E-state index in [1.807, 2.05) is 0 Å². The minimum Gasteiger partial charge on any atom is -0.497 e. The zero-order valence-corrected chi connectivity index (χ0v) is 13.8. The molecule has 0 aliphatic carbocycles. The van der Waals surface area contributed by atoms with Crippen LogP contribution in [0, 0.1) is 0 Å². The predicted octanol–water partition coefficient (Wildman–Crippen LogP) is 1.40. The number of aromatic nitrogens is 2. The number of methoxy groups -OCH3 is 1. The van der Waals surface area contributed by atoms with Crippen molar-refractivity contribution < 1.29 is 23.6 Å². The molecule has 1 aliphatic rings. The van der Waals surface area contributed by atoms with Crippen LogP contribution in [-0.4, -0.2) is 46.9 Å². The molecule has 25 heavy (non-hydrogen) atoms. The molecule has 0 spiro atoms. The zero-order chi connectivity index (χ0) is 17.8. The third kappa shape index (κ3) is 3.82. The molecule has 1 aliphatic heterocycles. The summed E-state index contributed by atoms with van der Waals surface area (Å²) in [6.45, 7) is -0.144. The number of benzene rings is 1. The molecule has 130 valence electrons. The van der Waals surface area contributed by atoms with Crippen LogP contribution in [0.1, 0.15) is 18.7 Å². The van der Waals surface area contributed by atoms with Crippen LogP contribution in [-0.2, 0) is 20.9 Å². The Balaban J connectivity index is 1.61. The van der Waals surface area contributed by atoms with Crippen molar-refractivity contribution in [2.45, 2.75) is 19.4 Å². The van der Waals surface area contributed by atoms with Gasteiger partial charge >= 0.3 is 5.97 Å². The topological polar surface area (TPSA) is 107 Å². The van der Waals surface area contributed by atoms with Gasteiger partial charge in [0.2, 0.25) is 11.7 Å². The van der Waals surface area contributed by atoms with Crippen molar-refractivity contribution in [1.82, 2.24) is 15.1 Å². The van der Waals surface area contributed by atoms with Crippen molar-refractivity contribution in [2.24, 2.45) is 5.10 Å². The molecule has 0 atom stereocenters. The van der Waals surface area contributed by atoms with Gasteiger partial charge in [-0.1, -0.05) is 5.16 Å². The Labute approximate surface area is 143 Å². The van der Waals surface area contributed by atoms with Crippen molar-refractivity contribution in [3.63, 3.8) is 0 Å². The lowest BCUT2D eigenvalue weighted by Crippen LogP contribution is -2.32. The number of carbonyl (C=O) groups is 2. The maximum Gasteiger partial charge on any atom is 0.354 e. The van der Waals surface area contributed by atoms with E-state index in [1.165, 1.54) is 7.05 Å². The summed E-state index contributed by atoms with van der Waals surface area (Å²) in [5, 5.41) is 8.81. The first-order chi connectivity index (χ1) is 12.1. The average molecular weight is 344 g/mol. The Hall–Kier alpha value is -3.23. The largest absolute Gasteiger partial charge is 0.497 e. The number of carbonyl (C=O) groups excluding carboxylic acids is 2. The quantitative estimate of drug-likeness (QED) is 0.754. The van der Waals surface area contributed by atoms with Crippen molar-refractivity contribution in [3.05, 3.63) is 30.1 Å². The summed E-state index contributed by atoms with van der Waals surface area (Å²) in [6.07, 6.45) is 0.486. The Bertz CT molecular complexity index is 812. The Morgan fingerprint density at radius 3 is 2.72 bits per heavy atom. The van der Waals surface area contributed by atoms with Gasteiger partial charge in [0.05, 0.1) is 7.11 Å². The molecule has 1 aromatic carbocycles. The van der Waals surface area contributed by atoms with E-state index in [4.69, 9.17) is 14.0 Å². The highest BCUT2D eigenvalue weighted by molar-refractivity contribution is 6.37. The molecule has 9 heteroatoms. The van der Waals surface area contributed by atoms with E-state index < -0.39 is 5.97 Å². The number of ether oxygens (including phenoxy) is 2. The predicted molar refractivity (Wildman–Crippen MR) is 85.5 cm³/mol. The van der Waals surface area contributed by atoms with Gasteiger partial charge in [0.1, 0.15) is 11.5 Å². The monoisotopic (exact) mass is 344 g/mol. The number of amides is 1. The zero-order valence-electron chi connectivity index (χ0n) is 13.8. The number of hydrogen-bond donors (Lipinski definition) is 0. The fraction of sp³-hybridized carbons (Fsp3) is 0.312. The van der Waals surface area contributed by atoms with Gasteiger partial charge in [0.25, 0.3) is 5.89 Å². The maximum atomic E-state index is 12.0. The van der Waals surface area contributed by atoms with Gasteiger partial charge in [-0.2, -0.15) is 10.1 Å². The lowest BCUT2D eigenvalue weighted by Gasteiger charge is -2.18. The van der Waals surface area contributed by atoms with E-state index in [1.54, 1.807) is 31.4 Å². The number of nitrogens with zero attached hydrogens (tertiary/aromatic N) is 4. The van der Waals surface area contributed by atoms with Crippen molar-refractivity contribution in [1.29, 1.82) is 0 Å². The smallest absolute Gasteiger partial charge is 0.354 e. The van der Waals surface area contributed by atoms with E-state index in [0.717, 1.165) is 10.6 Å². The van der Waals surface area contributed by atoms with Gasteiger partial charge in [0, 0.05) is 25.5 Å². The van der Waals surface area contributed by atoms with Crippen LogP contribution in [0.25, 0.3) is 11.5 Å². The van der Waals surface area contributed by atoms with Crippen LogP contribution in [0.5, 0.6) is 5.75 Å². The second-order valence-corrected chi connectivity index (χ2v) is 5.28. The van der Waals surface area contributed by atoms with Crippen molar-refractivity contribution in [3.8, 4) is 17.2 Å². The fourth-order valence-electron chi connectivity index (χ4n) is 2.19. The molecule has 0 bridgehead atoms. The highest BCUT2D eigenvalue weighted by Gasteiger charge is 2.23. The molecule has 0 unspecified atom stereocenters. The van der Waals surface area contributed by atoms with Gasteiger partial charge in [-0.25, -0.2) is 9.80 Å². The van der Waals surface area contributed by atoms with E-state index in [-0.39, 0.29) is 36.9 Å². The minimum absolute atomic E-state index is 0.140. The molecule has 0 saturated heterocycles. The summed E-state index contributed by atoms with van der Waals surface area (Å²) in [6, 6.07) is 7.12. The van der Waals surface area contributed by atoms with Crippen LogP contribution in [0.2, 0.25) is 0 Å². The van der Waals surface area contributed by atoms with Crippen molar-refractivity contribution in [2.75, 3.05) is 14.2 Å². The molecule has 1 amide bonds. The lowest BCUT2D eigenvalue weighted by molar-refractivity contribution is -0.137. The van der Waals surface area contributed by atoms with Gasteiger partial charge in [-0.3, -0.25) is 4.79 Å². The summed E-state index contributed by atoms with van der Waals surface area (Å²) in [5.41, 5.74) is 0.920. The highest BCUT2D eigenvalue weighted by atomic mass is 16.5. The first-order valence-corrected chi connectivity index (χ1v) is 7.55. The number of hydrazone groups is 1. The fourth-order valence-corrected chi connectivity index (χ4v) is 2.19. The van der Waals surface area contributed by atoms with Gasteiger partial charge < -0.3 is 14.0 Å². The Morgan fingerprint density at radius 1 is 1.28 bits per heavy atom. The number of hydrogen-bond acceptors (Lipinski definition) is 8. The molecule has 2 heterocycles. The Morgan fingerprint density at radius 2 is 2.04 bits per heavy atom. The van der Waals surface area contributed by atoms with Gasteiger partial charge in [-0.15, -0.1) is 0 Å². The molecule has 3 rings (SSSR count). The molecule has 2 aromatic rings.